The van der Waals surface area contributed by atoms with Gasteiger partial charge in [0.1, 0.15) is 0 Å². The first kappa shape index (κ1) is 12.0. The predicted octanol–water partition coefficient (Wildman–Crippen LogP) is 0.470. The number of guanidine groups is 1. The molecule has 17 heavy (non-hydrogen) atoms. The van der Waals surface area contributed by atoms with Crippen molar-refractivity contribution >= 4 is 5.96 Å². The SMILES string of the molecule is Cc1nn(C)c(C)c1CCNC1=NCCN1C. The summed E-state index contributed by atoms with van der Waals surface area (Å²) < 4.78 is 1.95. The maximum atomic E-state index is 4.42. The van der Waals surface area contributed by atoms with Gasteiger partial charge < -0.3 is 10.2 Å². The lowest BCUT2D eigenvalue weighted by molar-refractivity contribution is 0.534. The first-order chi connectivity index (χ1) is 8.09. The predicted molar refractivity (Wildman–Crippen MR) is 69.3 cm³/mol. The van der Waals surface area contributed by atoms with Crippen LogP contribution in [0.4, 0.5) is 0 Å². The molecule has 1 aromatic heterocycles. The van der Waals surface area contributed by atoms with Gasteiger partial charge in [0.15, 0.2) is 5.96 Å². The van der Waals surface area contributed by atoms with Crippen LogP contribution in [0, 0.1) is 13.8 Å². The van der Waals surface area contributed by atoms with Gasteiger partial charge >= 0.3 is 0 Å². The zero-order valence-corrected chi connectivity index (χ0v) is 11.1. The molecular weight excluding hydrogens is 214 g/mol. The minimum absolute atomic E-state index is 0.907. The monoisotopic (exact) mass is 235 g/mol. The number of likely N-dealkylation sites (N-methyl/N-ethyl adjacent to an activating group) is 1. The van der Waals surface area contributed by atoms with Gasteiger partial charge in [0, 0.05) is 32.9 Å². The molecule has 1 aliphatic heterocycles. The molecule has 1 aliphatic rings. The number of nitrogens with zero attached hydrogens (tertiary/aromatic N) is 4. The summed E-state index contributed by atoms with van der Waals surface area (Å²) in [7, 11) is 4.06. The minimum atomic E-state index is 0.907. The molecule has 0 aromatic carbocycles. The molecule has 0 amide bonds. The van der Waals surface area contributed by atoms with E-state index in [4.69, 9.17) is 0 Å². The van der Waals surface area contributed by atoms with E-state index in [0.29, 0.717) is 0 Å². The Morgan fingerprint density at radius 3 is 2.59 bits per heavy atom. The summed E-state index contributed by atoms with van der Waals surface area (Å²) in [6.45, 7) is 7.03. The Balaban J connectivity index is 1.90. The van der Waals surface area contributed by atoms with Gasteiger partial charge in [0.2, 0.25) is 0 Å². The van der Waals surface area contributed by atoms with E-state index < -0.39 is 0 Å². The quantitative estimate of drug-likeness (QED) is 0.828. The Labute approximate surface area is 103 Å². The average molecular weight is 235 g/mol. The van der Waals surface area contributed by atoms with Crippen molar-refractivity contribution in [3.63, 3.8) is 0 Å². The molecule has 5 heteroatoms. The number of hydrogen-bond acceptors (Lipinski definition) is 4. The largest absolute Gasteiger partial charge is 0.356 e. The number of aliphatic imine (C=N–C) groups is 1. The van der Waals surface area contributed by atoms with E-state index in [-0.39, 0.29) is 0 Å². The van der Waals surface area contributed by atoms with E-state index in [1.807, 2.05) is 11.7 Å². The van der Waals surface area contributed by atoms with Crippen molar-refractivity contribution < 1.29 is 0 Å². The molecule has 0 saturated heterocycles. The van der Waals surface area contributed by atoms with Gasteiger partial charge in [-0.2, -0.15) is 5.10 Å². The van der Waals surface area contributed by atoms with Gasteiger partial charge in [0.05, 0.1) is 12.2 Å². The van der Waals surface area contributed by atoms with Crippen molar-refractivity contribution in [2.45, 2.75) is 20.3 Å². The van der Waals surface area contributed by atoms with Gasteiger partial charge in [-0.15, -0.1) is 0 Å². The number of aromatic nitrogens is 2. The van der Waals surface area contributed by atoms with Crippen LogP contribution in [0.25, 0.3) is 0 Å². The Morgan fingerprint density at radius 2 is 2.06 bits per heavy atom. The van der Waals surface area contributed by atoms with E-state index in [9.17, 15) is 0 Å². The summed E-state index contributed by atoms with van der Waals surface area (Å²) in [6.07, 6.45) is 0.998. The zero-order valence-electron chi connectivity index (χ0n) is 11.1. The van der Waals surface area contributed by atoms with Gasteiger partial charge in [-0.25, -0.2) is 0 Å². The Bertz CT molecular complexity index is 432. The highest BCUT2D eigenvalue weighted by molar-refractivity contribution is 5.81. The molecular formula is C12H21N5. The number of nitrogens with one attached hydrogen (secondary N) is 1. The molecule has 5 nitrogen and oxygen atoms in total. The van der Waals surface area contributed by atoms with Crippen molar-refractivity contribution in [2.24, 2.45) is 12.0 Å². The third kappa shape index (κ3) is 2.43. The molecule has 2 heterocycles. The molecule has 0 saturated carbocycles. The van der Waals surface area contributed by atoms with Crippen LogP contribution in [-0.4, -0.2) is 47.3 Å². The second-order valence-corrected chi connectivity index (χ2v) is 4.58. The average Bonchev–Trinajstić information content (AvgIpc) is 2.78. The second-order valence-electron chi connectivity index (χ2n) is 4.58. The number of rotatable bonds is 3. The normalized spacial score (nSPS) is 15.3. The minimum Gasteiger partial charge on any atom is -0.356 e. The highest BCUT2D eigenvalue weighted by Crippen LogP contribution is 2.11. The molecule has 0 aliphatic carbocycles. The van der Waals surface area contributed by atoms with Crippen molar-refractivity contribution in [3.05, 3.63) is 17.0 Å². The fraction of sp³-hybridized carbons (Fsp3) is 0.667. The smallest absolute Gasteiger partial charge is 0.193 e. The molecule has 0 atom stereocenters. The summed E-state index contributed by atoms with van der Waals surface area (Å²) in [4.78, 5) is 6.56. The molecule has 0 fully saturated rings. The van der Waals surface area contributed by atoms with Crippen LogP contribution in [0.3, 0.4) is 0 Å². The van der Waals surface area contributed by atoms with Crippen molar-refractivity contribution in [3.8, 4) is 0 Å². The third-order valence-electron chi connectivity index (χ3n) is 3.38. The Hall–Kier alpha value is -1.52. The third-order valence-corrected chi connectivity index (χ3v) is 3.38. The Kier molecular flexibility index (Phi) is 3.36. The van der Waals surface area contributed by atoms with E-state index in [1.165, 1.54) is 11.3 Å². The standard InChI is InChI=1S/C12H21N5/c1-9-11(10(2)17(4)15-9)5-6-13-12-14-7-8-16(12)3/h5-8H2,1-4H3,(H,13,14). The highest BCUT2D eigenvalue weighted by atomic mass is 15.3. The van der Waals surface area contributed by atoms with Gasteiger partial charge in [0.25, 0.3) is 0 Å². The molecule has 2 rings (SSSR count). The molecule has 1 N–H and O–H groups in total. The van der Waals surface area contributed by atoms with Crippen LogP contribution in [-0.2, 0) is 13.5 Å². The maximum absolute atomic E-state index is 4.42. The summed E-state index contributed by atoms with van der Waals surface area (Å²) >= 11 is 0. The highest BCUT2D eigenvalue weighted by Gasteiger charge is 2.13. The van der Waals surface area contributed by atoms with Crippen molar-refractivity contribution in [2.75, 3.05) is 26.7 Å². The summed E-state index contributed by atoms with van der Waals surface area (Å²) in [5.74, 6) is 1.02. The number of aryl methyl sites for hydroxylation is 2. The van der Waals surface area contributed by atoms with Crippen LogP contribution in [0.2, 0.25) is 0 Å². The van der Waals surface area contributed by atoms with E-state index in [1.54, 1.807) is 0 Å². The molecule has 0 spiro atoms. The number of hydrogen-bond donors (Lipinski definition) is 1. The lowest BCUT2D eigenvalue weighted by Gasteiger charge is -2.15. The van der Waals surface area contributed by atoms with Gasteiger partial charge in [-0.3, -0.25) is 9.67 Å². The molecule has 0 radical (unpaired) electrons. The van der Waals surface area contributed by atoms with Crippen LogP contribution in [0.5, 0.6) is 0 Å². The van der Waals surface area contributed by atoms with Crippen LogP contribution in [0.15, 0.2) is 4.99 Å². The maximum Gasteiger partial charge on any atom is 0.193 e. The zero-order chi connectivity index (χ0) is 12.4. The summed E-state index contributed by atoms with van der Waals surface area (Å²) in [5.41, 5.74) is 3.74. The first-order valence-corrected chi connectivity index (χ1v) is 6.08. The van der Waals surface area contributed by atoms with Crippen LogP contribution >= 0.6 is 0 Å². The van der Waals surface area contributed by atoms with E-state index in [0.717, 1.165) is 37.7 Å². The van der Waals surface area contributed by atoms with E-state index >= 15 is 0 Å². The van der Waals surface area contributed by atoms with Crippen LogP contribution < -0.4 is 5.32 Å². The second kappa shape index (κ2) is 4.77. The van der Waals surface area contributed by atoms with Gasteiger partial charge in [-0.1, -0.05) is 0 Å². The van der Waals surface area contributed by atoms with E-state index in [2.05, 4.69) is 41.2 Å². The first-order valence-electron chi connectivity index (χ1n) is 6.08. The Morgan fingerprint density at radius 1 is 1.29 bits per heavy atom. The lowest BCUT2D eigenvalue weighted by atomic mass is 10.1. The topological polar surface area (TPSA) is 45.5 Å². The lowest BCUT2D eigenvalue weighted by Crippen LogP contribution is -2.36. The van der Waals surface area contributed by atoms with Crippen LogP contribution in [0.1, 0.15) is 17.0 Å². The fourth-order valence-electron chi connectivity index (χ4n) is 2.20. The summed E-state index contributed by atoms with van der Waals surface area (Å²) in [6, 6.07) is 0. The van der Waals surface area contributed by atoms with Crippen molar-refractivity contribution in [1.82, 2.24) is 20.0 Å². The van der Waals surface area contributed by atoms with Crippen molar-refractivity contribution in [1.29, 1.82) is 0 Å². The fourth-order valence-corrected chi connectivity index (χ4v) is 2.20. The molecule has 0 unspecified atom stereocenters. The molecule has 0 bridgehead atoms. The molecule has 1 aromatic rings. The summed E-state index contributed by atoms with van der Waals surface area (Å²) in [5, 5.41) is 7.81. The van der Waals surface area contributed by atoms with Gasteiger partial charge in [-0.05, 0) is 25.8 Å². The molecule has 94 valence electrons.